The SMILES string of the molecule is CCOc1cc(CNC(=O)C(Cc2ccccc2)NS(=O)(=O)c2ccccc2F)ccn1. The average molecular weight is 458 g/mol. The van der Waals surface area contributed by atoms with Gasteiger partial charge in [-0.05, 0) is 42.7 Å². The molecule has 1 atom stereocenters. The zero-order valence-electron chi connectivity index (χ0n) is 17.5. The molecule has 1 amide bonds. The number of pyridine rings is 1. The van der Waals surface area contributed by atoms with Crippen LogP contribution in [0.25, 0.3) is 0 Å². The molecule has 0 radical (unpaired) electrons. The molecule has 0 fully saturated rings. The molecule has 0 saturated carbocycles. The predicted molar refractivity (Wildman–Crippen MR) is 118 cm³/mol. The fourth-order valence-electron chi connectivity index (χ4n) is 3.05. The summed E-state index contributed by atoms with van der Waals surface area (Å²) in [6.07, 6.45) is 1.66. The van der Waals surface area contributed by atoms with Crippen LogP contribution in [-0.4, -0.2) is 32.0 Å². The second-order valence-corrected chi connectivity index (χ2v) is 8.63. The fourth-order valence-corrected chi connectivity index (χ4v) is 4.33. The Labute approximate surface area is 186 Å². The third kappa shape index (κ3) is 6.35. The molecular formula is C23H24FN3O4S. The Hall–Kier alpha value is -3.30. The minimum absolute atomic E-state index is 0.0981. The maximum Gasteiger partial charge on any atom is 0.244 e. The van der Waals surface area contributed by atoms with Crippen molar-refractivity contribution in [1.29, 1.82) is 0 Å². The lowest BCUT2D eigenvalue weighted by Gasteiger charge is -2.19. The highest BCUT2D eigenvalue weighted by molar-refractivity contribution is 7.89. The lowest BCUT2D eigenvalue weighted by Crippen LogP contribution is -2.47. The molecule has 7 nitrogen and oxygen atoms in total. The number of carbonyl (C=O) groups is 1. The van der Waals surface area contributed by atoms with Crippen LogP contribution in [0.5, 0.6) is 5.88 Å². The molecule has 0 aliphatic rings. The van der Waals surface area contributed by atoms with Gasteiger partial charge >= 0.3 is 0 Å². The summed E-state index contributed by atoms with van der Waals surface area (Å²) < 4.78 is 47.4. The minimum Gasteiger partial charge on any atom is -0.478 e. The van der Waals surface area contributed by atoms with Crippen LogP contribution < -0.4 is 14.8 Å². The van der Waals surface area contributed by atoms with E-state index in [9.17, 15) is 17.6 Å². The van der Waals surface area contributed by atoms with E-state index in [1.165, 1.54) is 12.1 Å². The molecule has 9 heteroatoms. The molecule has 3 aromatic rings. The van der Waals surface area contributed by atoms with Crippen molar-refractivity contribution in [3.05, 3.63) is 89.9 Å². The first kappa shape index (κ1) is 23.4. The molecule has 32 heavy (non-hydrogen) atoms. The summed E-state index contributed by atoms with van der Waals surface area (Å²) in [5.74, 6) is -0.997. The first-order chi connectivity index (χ1) is 15.4. The van der Waals surface area contributed by atoms with E-state index in [0.717, 1.165) is 23.3 Å². The smallest absolute Gasteiger partial charge is 0.244 e. The Kier molecular flexibility index (Phi) is 7.91. The highest BCUT2D eigenvalue weighted by Gasteiger charge is 2.27. The van der Waals surface area contributed by atoms with Gasteiger partial charge in [-0.15, -0.1) is 0 Å². The molecule has 0 saturated heterocycles. The van der Waals surface area contributed by atoms with Crippen molar-refractivity contribution in [2.24, 2.45) is 0 Å². The third-order valence-corrected chi connectivity index (χ3v) is 6.09. The van der Waals surface area contributed by atoms with Crippen molar-refractivity contribution in [2.75, 3.05) is 6.61 Å². The molecule has 2 aromatic carbocycles. The van der Waals surface area contributed by atoms with E-state index in [4.69, 9.17) is 4.74 Å². The van der Waals surface area contributed by atoms with Crippen LogP contribution in [0.2, 0.25) is 0 Å². The van der Waals surface area contributed by atoms with Crippen molar-refractivity contribution < 1.29 is 22.3 Å². The summed E-state index contributed by atoms with van der Waals surface area (Å²) in [6.45, 7) is 2.44. The lowest BCUT2D eigenvalue weighted by atomic mass is 10.1. The van der Waals surface area contributed by atoms with Gasteiger partial charge in [-0.3, -0.25) is 4.79 Å². The van der Waals surface area contributed by atoms with Gasteiger partial charge in [0.2, 0.25) is 21.8 Å². The molecule has 0 aliphatic heterocycles. The van der Waals surface area contributed by atoms with Gasteiger partial charge in [0.1, 0.15) is 16.8 Å². The predicted octanol–water partition coefficient (Wildman–Crippen LogP) is 2.83. The van der Waals surface area contributed by atoms with Crippen LogP contribution in [0.1, 0.15) is 18.1 Å². The molecule has 168 valence electrons. The second kappa shape index (κ2) is 10.8. The Morgan fingerprint density at radius 2 is 1.78 bits per heavy atom. The normalized spacial score (nSPS) is 12.2. The molecule has 1 heterocycles. The number of rotatable bonds is 10. The average Bonchev–Trinajstić information content (AvgIpc) is 2.78. The first-order valence-corrected chi connectivity index (χ1v) is 11.5. The highest BCUT2D eigenvalue weighted by Crippen LogP contribution is 2.15. The Morgan fingerprint density at radius 3 is 2.50 bits per heavy atom. The van der Waals surface area contributed by atoms with Crippen molar-refractivity contribution in [3.63, 3.8) is 0 Å². The topological polar surface area (TPSA) is 97.4 Å². The first-order valence-electron chi connectivity index (χ1n) is 10.1. The zero-order valence-corrected chi connectivity index (χ0v) is 18.3. The Balaban J connectivity index is 1.78. The van der Waals surface area contributed by atoms with Crippen molar-refractivity contribution in [3.8, 4) is 5.88 Å². The molecular weight excluding hydrogens is 433 g/mol. The van der Waals surface area contributed by atoms with Crippen molar-refractivity contribution >= 4 is 15.9 Å². The lowest BCUT2D eigenvalue weighted by molar-refractivity contribution is -0.122. The van der Waals surface area contributed by atoms with Crippen LogP contribution in [0.3, 0.4) is 0 Å². The number of nitrogens with one attached hydrogen (secondary N) is 2. The van der Waals surface area contributed by atoms with Crippen molar-refractivity contribution in [2.45, 2.75) is 30.8 Å². The van der Waals surface area contributed by atoms with Gasteiger partial charge in [-0.25, -0.2) is 17.8 Å². The molecule has 0 aliphatic carbocycles. The minimum atomic E-state index is -4.27. The largest absolute Gasteiger partial charge is 0.478 e. The number of ether oxygens (including phenoxy) is 1. The van der Waals surface area contributed by atoms with E-state index in [0.29, 0.717) is 12.5 Å². The maximum atomic E-state index is 14.1. The van der Waals surface area contributed by atoms with Crippen LogP contribution in [0, 0.1) is 5.82 Å². The van der Waals surface area contributed by atoms with Crippen molar-refractivity contribution in [1.82, 2.24) is 15.0 Å². The van der Waals surface area contributed by atoms with Crippen LogP contribution in [0.15, 0.2) is 77.8 Å². The van der Waals surface area contributed by atoms with Crippen LogP contribution in [-0.2, 0) is 27.8 Å². The number of benzene rings is 2. The summed E-state index contributed by atoms with van der Waals surface area (Å²) >= 11 is 0. The number of aromatic nitrogens is 1. The van der Waals surface area contributed by atoms with E-state index >= 15 is 0 Å². The summed E-state index contributed by atoms with van der Waals surface area (Å²) in [5, 5.41) is 2.73. The quantitative estimate of drug-likeness (QED) is 0.488. The highest BCUT2D eigenvalue weighted by atomic mass is 32.2. The number of halogens is 1. The van der Waals surface area contributed by atoms with E-state index in [2.05, 4.69) is 15.0 Å². The fraction of sp³-hybridized carbons (Fsp3) is 0.217. The standard InChI is InChI=1S/C23H24FN3O4S/c1-2-31-22-15-18(12-13-25-22)16-26-23(28)20(14-17-8-4-3-5-9-17)27-32(29,30)21-11-7-6-10-19(21)24/h3-13,15,20,27H,2,14,16H2,1H3,(H,26,28). The number of sulfonamides is 1. The van der Waals surface area contributed by atoms with Gasteiger partial charge < -0.3 is 10.1 Å². The number of amides is 1. The van der Waals surface area contributed by atoms with Gasteiger partial charge in [0.15, 0.2) is 0 Å². The summed E-state index contributed by atoms with van der Waals surface area (Å²) in [5.41, 5.74) is 1.50. The van der Waals surface area contributed by atoms with E-state index in [1.807, 2.05) is 13.0 Å². The van der Waals surface area contributed by atoms with E-state index in [1.54, 1.807) is 42.6 Å². The van der Waals surface area contributed by atoms with Gasteiger partial charge in [-0.1, -0.05) is 42.5 Å². The molecule has 1 unspecified atom stereocenters. The van der Waals surface area contributed by atoms with Gasteiger partial charge in [0.05, 0.1) is 6.61 Å². The summed E-state index contributed by atoms with van der Waals surface area (Å²) in [4.78, 5) is 16.5. The third-order valence-electron chi connectivity index (χ3n) is 4.58. The maximum absolute atomic E-state index is 14.1. The van der Waals surface area contributed by atoms with Crippen LogP contribution >= 0.6 is 0 Å². The van der Waals surface area contributed by atoms with Gasteiger partial charge in [0, 0.05) is 18.8 Å². The Bertz CT molecular complexity index is 1160. The summed E-state index contributed by atoms with van der Waals surface area (Å²) in [7, 11) is -4.27. The second-order valence-electron chi connectivity index (χ2n) is 6.95. The van der Waals surface area contributed by atoms with E-state index in [-0.39, 0.29) is 13.0 Å². The number of hydrogen-bond donors (Lipinski definition) is 2. The van der Waals surface area contributed by atoms with Gasteiger partial charge in [0.25, 0.3) is 0 Å². The molecule has 0 spiro atoms. The summed E-state index contributed by atoms with van der Waals surface area (Å²) in [6, 6.07) is 16.3. The number of nitrogens with zero attached hydrogens (tertiary/aromatic N) is 1. The monoisotopic (exact) mass is 457 g/mol. The molecule has 0 bridgehead atoms. The Morgan fingerprint density at radius 1 is 1.06 bits per heavy atom. The number of hydrogen-bond acceptors (Lipinski definition) is 5. The van der Waals surface area contributed by atoms with Gasteiger partial charge in [-0.2, -0.15) is 4.72 Å². The van der Waals surface area contributed by atoms with E-state index < -0.39 is 32.7 Å². The zero-order chi connectivity index (χ0) is 23.0. The molecule has 1 aromatic heterocycles. The molecule has 3 rings (SSSR count). The van der Waals surface area contributed by atoms with Crippen LogP contribution in [0.4, 0.5) is 4.39 Å². The number of carbonyl (C=O) groups excluding carboxylic acids is 1. The molecule has 2 N–H and O–H groups in total.